The maximum atomic E-state index is 14.9. The van der Waals surface area contributed by atoms with E-state index in [4.69, 9.17) is 89.8 Å². The second-order valence-corrected chi connectivity index (χ2v) is 27.5. The lowest BCUT2D eigenvalue weighted by molar-refractivity contribution is -0.143. The summed E-state index contributed by atoms with van der Waals surface area (Å²) in [4.78, 5) is 182. The molecule has 0 fully saturated rings. The quantitative estimate of drug-likeness (QED) is 0.0153. The van der Waals surface area contributed by atoms with E-state index in [2.05, 4.69) is 90.4 Å². The number of primary amides is 1. The summed E-state index contributed by atoms with van der Waals surface area (Å²) < 4.78 is 0. The van der Waals surface area contributed by atoms with E-state index >= 15 is 0 Å². The van der Waals surface area contributed by atoms with Crippen molar-refractivity contribution in [1.82, 2.24) is 90.4 Å². The molecular formula is C66H129N33O14. The molecule has 0 aliphatic carbocycles. The number of amides is 12. The zero-order valence-corrected chi connectivity index (χ0v) is 65.2. The van der Waals surface area contributed by atoms with Gasteiger partial charge < -0.3 is 153 Å². The molecule has 0 rings (SSSR count). The van der Waals surface area contributed by atoms with E-state index in [0.29, 0.717) is 19.3 Å². The zero-order chi connectivity index (χ0) is 85.7. The van der Waals surface area contributed by atoms with Gasteiger partial charge in [0.2, 0.25) is 70.9 Å². The van der Waals surface area contributed by atoms with Crippen LogP contribution >= 0.6 is 0 Å². The maximum Gasteiger partial charge on any atom is 0.326 e. The van der Waals surface area contributed by atoms with Crippen LogP contribution < -0.4 is 148 Å². The van der Waals surface area contributed by atoms with Crippen LogP contribution in [-0.4, -0.2) is 243 Å². The predicted octanol–water partition coefficient (Wildman–Crippen LogP) is -9.83. The van der Waals surface area contributed by atoms with E-state index in [0.717, 1.165) is 0 Å². The Morgan fingerprint density at radius 2 is 0.513 bits per heavy atom. The molecule has 0 spiro atoms. The summed E-state index contributed by atoms with van der Waals surface area (Å²) in [6, 6.07) is -16.3. The monoisotopic (exact) mass is 1610 g/mol. The van der Waals surface area contributed by atoms with Gasteiger partial charge in [0, 0.05) is 45.7 Å². The molecule has 642 valence electrons. The van der Waals surface area contributed by atoms with Gasteiger partial charge in [-0.3, -0.25) is 90.0 Å². The summed E-state index contributed by atoms with van der Waals surface area (Å²) in [5.41, 5.74) is 55.8. The smallest absolute Gasteiger partial charge is 0.326 e. The number of carboxylic acids is 1. The highest BCUT2D eigenvalue weighted by atomic mass is 16.4. The van der Waals surface area contributed by atoms with Crippen LogP contribution in [0.25, 0.3) is 0 Å². The van der Waals surface area contributed by atoms with Gasteiger partial charge in [0.1, 0.15) is 66.5 Å². The van der Waals surface area contributed by atoms with Crippen molar-refractivity contribution in [1.29, 1.82) is 32.5 Å². The summed E-state index contributed by atoms with van der Waals surface area (Å²) in [5, 5.41) is 99.8. The van der Waals surface area contributed by atoms with Gasteiger partial charge in [-0.05, 0) is 153 Å². The van der Waals surface area contributed by atoms with Gasteiger partial charge in [0.15, 0.2) is 35.8 Å². The average molecular weight is 1610 g/mol. The Hall–Kier alpha value is -11.4. The molecule has 0 aliphatic rings. The summed E-state index contributed by atoms with van der Waals surface area (Å²) in [5.74, 6) is -15.9. The van der Waals surface area contributed by atoms with E-state index in [-0.39, 0.29) is 167 Å². The van der Waals surface area contributed by atoms with E-state index in [9.17, 15) is 67.4 Å². The Kier molecular flexibility index (Phi) is 51.8. The van der Waals surface area contributed by atoms with Gasteiger partial charge in [-0.1, -0.05) is 27.7 Å². The van der Waals surface area contributed by atoms with Crippen molar-refractivity contribution in [2.75, 3.05) is 58.9 Å². The SMILES string of the molecule is CC(C)C[C@H](NC(=O)[C@@H](NC(=O)[C@H](CCCNC(=N)N)NC(=O)[C@H](CCCNC(=N)N)NC(=O)[C@H](CCCNC(=N)N)NC(=O)[C@H](CCC(N)=O)NC(=O)[C@H](CCCNC(=N)N)NC(=O)[C@H](CCCNC(=N)N)NC(=O)[C@H](CCCCN)NC(=O)[C@H](CCCCN)NC(=O)[C@H](CCCNC(=N)N)NC(=O)CN)C(C)C)C(=O)O. The van der Waals surface area contributed by atoms with Crippen LogP contribution in [0.4, 0.5) is 0 Å². The van der Waals surface area contributed by atoms with Crippen LogP contribution in [0.2, 0.25) is 0 Å². The Labute approximate surface area is 657 Å². The number of nitrogens with two attached hydrogens (primary N) is 10. The first-order chi connectivity index (χ1) is 53.3. The summed E-state index contributed by atoms with van der Waals surface area (Å²) in [7, 11) is 0. The largest absolute Gasteiger partial charge is 0.480 e. The number of carbonyl (C=O) groups excluding carboxylic acids is 12. The Morgan fingerprint density at radius 3 is 0.717 bits per heavy atom. The fourth-order valence-corrected chi connectivity index (χ4v) is 11.0. The van der Waals surface area contributed by atoms with Crippen molar-refractivity contribution < 1.29 is 67.4 Å². The second kappa shape index (κ2) is 57.6. The van der Waals surface area contributed by atoms with Crippen molar-refractivity contribution >= 4 is 113 Å². The molecule has 0 saturated heterocycles. The standard InChI is InChI=1S/C66H129N33O14/c1-35(2)33-46(60(112)113)98-59(111)49(36(3)4)99-58(110)44(22-14-32-88-66(81)82)96-55(107)41(19-11-29-85-63(75)76)93-54(106)42(20-12-30-86-64(77)78)95-57(109)45(23-24-47(70)100)97-56(108)43(21-13-31-87-65(79)80)94-53(105)40(18-10-28-84-62(73)74)92-52(104)39(16-6-8-26-68)91-51(103)38(15-5-7-25-67)90-50(102)37(89-48(101)34-69)17-9-27-83-61(71)72/h35-46,49H,5-34,67-69H2,1-4H3,(H2,70,100)(H,89,101)(H,90,102)(H,91,103)(H,92,104)(H,93,106)(H,94,105)(H,95,109)(H,96,107)(H,97,108)(H,98,111)(H,99,110)(H,112,113)(H4,71,72,83)(H4,73,74,84)(H4,75,76,85)(H4,77,78,86)(H4,79,80,87)(H4,81,82,88)/t37-,38-,39-,40-,41-,42-,43-,44-,45-,46-,49-/m0/s1. The first-order valence-electron chi connectivity index (χ1n) is 37.7. The number of guanidine groups is 6. The van der Waals surface area contributed by atoms with Crippen molar-refractivity contribution in [2.24, 2.45) is 69.2 Å². The highest BCUT2D eigenvalue weighted by molar-refractivity contribution is 5.99. The lowest BCUT2D eigenvalue weighted by Crippen LogP contribution is -2.61. The number of unbranched alkanes of at least 4 members (excludes halogenated alkanes) is 2. The minimum absolute atomic E-state index is 0.00142. The van der Waals surface area contributed by atoms with E-state index in [1.54, 1.807) is 27.7 Å². The van der Waals surface area contributed by atoms with E-state index in [1.807, 2.05) is 0 Å². The van der Waals surface area contributed by atoms with Gasteiger partial charge >= 0.3 is 5.97 Å². The molecule has 113 heavy (non-hydrogen) atoms. The third-order valence-corrected chi connectivity index (χ3v) is 17.0. The van der Waals surface area contributed by atoms with Crippen LogP contribution in [0.15, 0.2) is 0 Å². The molecule has 0 saturated carbocycles. The number of hydrogen-bond acceptors (Lipinski definition) is 22. The molecule has 0 bridgehead atoms. The molecule has 12 amide bonds. The van der Waals surface area contributed by atoms with E-state index in [1.165, 1.54) is 0 Å². The van der Waals surface area contributed by atoms with Gasteiger partial charge in [-0.15, -0.1) is 0 Å². The van der Waals surface area contributed by atoms with Gasteiger partial charge in [-0.2, -0.15) is 0 Å². The number of hydrogen-bond donors (Lipinski definition) is 34. The molecular weight excluding hydrogens is 1480 g/mol. The molecule has 47 heteroatoms. The Bertz CT molecular complexity index is 3130. The molecule has 0 aliphatic heterocycles. The third-order valence-electron chi connectivity index (χ3n) is 17.0. The van der Waals surface area contributed by atoms with Gasteiger partial charge in [0.05, 0.1) is 6.54 Å². The lowest BCUT2D eigenvalue weighted by atomic mass is 9.99. The van der Waals surface area contributed by atoms with Crippen molar-refractivity contribution in [3.8, 4) is 0 Å². The second-order valence-electron chi connectivity index (χ2n) is 27.5. The molecule has 0 aromatic rings. The summed E-state index contributed by atoms with van der Waals surface area (Å²) in [6.07, 6.45) is -0.707. The lowest BCUT2D eigenvalue weighted by Gasteiger charge is -2.29. The number of aliphatic carboxylic acids is 1. The topological polar surface area (TPSA) is 850 Å². The summed E-state index contributed by atoms with van der Waals surface area (Å²) in [6.45, 7) is 6.60. The molecule has 0 aromatic heterocycles. The van der Waals surface area contributed by atoms with Crippen LogP contribution in [-0.2, 0) is 62.3 Å². The third kappa shape index (κ3) is 47.4. The van der Waals surface area contributed by atoms with Crippen LogP contribution in [0.3, 0.4) is 0 Å². The molecule has 11 atom stereocenters. The fraction of sp³-hybridized carbons (Fsp3) is 0.712. The molecule has 0 aromatic carbocycles. The predicted molar refractivity (Wildman–Crippen MR) is 421 cm³/mol. The Balaban J connectivity index is 7.87. The fourth-order valence-electron chi connectivity index (χ4n) is 11.0. The normalized spacial score (nSPS) is 13.8. The van der Waals surface area contributed by atoms with Crippen LogP contribution in [0.5, 0.6) is 0 Å². The highest BCUT2D eigenvalue weighted by Gasteiger charge is 2.38. The minimum atomic E-state index is -1.77. The minimum Gasteiger partial charge on any atom is -0.480 e. The van der Waals surface area contributed by atoms with E-state index < -0.39 is 198 Å². The number of carbonyl (C=O) groups is 13. The number of carboxylic acid groups (broad SMARTS) is 1. The molecule has 0 unspecified atom stereocenters. The first-order valence-corrected chi connectivity index (χ1v) is 37.7. The molecule has 0 heterocycles. The highest BCUT2D eigenvalue weighted by Crippen LogP contribution is 2.14. The summed E-state index contributed by atoms with van der Waals surface area (Å²) >= 11 is 0. The number of rotatable bonds is 61. The Morgan fingerprint density at radius 1 is 0.292 bits per heavy atom. The zero-order valence-electron chi connectivity index (χ0n) is 65.2. The van der Waals surface area contributed by atoms with Gasteiger partial charge in [-0.25, -0.2) is 4.79 Å². The molecule has 47 nitrogen and oxygen atoms in total. The van der Waals surface area contributed by atoms with Crippen molar-refractivity contribution in [2.45, 2.75) is 229 Å². The van der Waals surface area contributed by atoms with Crippen LogP contribution in [0, 0.1) is 44.3 Å². The molecule has 0 radical (unpaired) electrons. The van der Waals surface area contributed by atoms with Crippen molar-refractivity contribution in [3.63, 3.8) is 0 Å². The van der Waals surface area contributed by atoms with Gasteiger partial charge in [0.25, 0.3) is 0 Å². The van der Waals surface area contributed by atoms with Crippen molar-refractivity contribution in [3.05, 3.63) is 0 Å². The molecule has 44 N–H and O–H groups in total. The van der Waals surface area contributed by atoms with Crippen LogP contribution in [0.1, 0.15) is 163 Å². The average Bonchev–Trinajstić information content (AvgIpc) is 0.854. The number of nitrogens with one attached hydrogen (secondary N) is 23. The maximum absolute atomic E-state index is 14.9. The first kappa shape index (κ1) is 102.